The Labute approximate surface area is 298 Å². The van der Waals surface area contributed by atoms with Crippen molar-refractivity contribution in [1.29, 1.82) is 0 Å². The van der Waals surface area contributed by atoms with Gasteiger partial charge >= 0.3 is 6.03 Å². The molecule has 262 valence electrons. The summed E-state index contributed by atoms with van der Waals surface area (Å²) in [6.07, 6.45) is -0.990. The molecule has 5 aromatic carbocycles. The number of likely N-dealkylation sites (N-methyl/N-ethyl adjacent to an activating group) is 1. The van der Waals surface area contributed by atoms with Crippen molar-refractivity contribution >= 4 is 27.6 Å². The number of benzene rings is 5. The molecule has 0 aromatic heterocycles. The van der Waals surface area contributed by atoms with Gasteiger partial charge in [-0.05, 0) is 77.7 Å². The average molecular weight is 705 g/mol. The van der Waals surface area contributed by atoms with Crippen LogP contribution in [0.25, 0.3) is 11.1 Å². The minimum Gasteiger partial charge on any atom is -0.457 e. The summed E-state index contributed by atoms with van der Waals surface area (Å²) in [7, 11) is -2.64. The lowest BCUT2D eigenvalue weighted by molar-refractivity contribution is -0.136. The van der Waals surface area contributed by atoms with E-state index in [2.05, 4.69) is 5.32 Å². The number of piperazine rings is 1. The molecule has 0 aliphatic carbocycles. The van der Waals surface area contributed by atoms with Gasteiger partial charge in [0.15, 0.2) is 0 Å². The summed E-state index contributed by atoms with van der Waals surface area (Å²) in [5, 5.41) is 13.7. The number of aliphatic hydroxyl groups is 1. The van der Waals surface area contributed by atoms with E-state index in [1.807, 2.05) is 67.6 Å². The van der Waals surface area contributed by atoms with Crippen molar-refractivity contribution in [1.82, 2.24) is 14.1 Å². The summed E-state index contributed by atoms with van der Waals surface area (Å²) >= 11 is 0. The number of anilines is 1. The van der Waals surface area contributed by atoms with Gasteiger partial charge in [-0.1, -0.05) is 84.9 Å². The molecule has 1 heterocycles. The molecule has 0 saturated carbocycles. The number of aliphatic hydroxyl groups excluding tert-OH is 1. The molecule has 1 aliphatic rings. The van der Waals surface area contributed by atoms with Crippen molar-refractivity contribution < 1.29 is 27.9 Å². The average Bonchev–Trinajstić information content (AvgIpc) is 3.16. The highest BCUT2D eigenvalue weighted by atomic mass is 32.2. The van der Waals surface area contributed by atoms with Crippen LogP contribution in [0.15, 0.2) is 138 Å². The SMILES string of the molecule is Cc1ccccc1-c1ccc(S(=O)(=O)N2CCN(C(=O)Nc3ccc(Oc4ccccc4)cc3)C[C@H]2C(=O)N(C)CC(O)c2ccccc2)cc1. The highest BCUT2D eigenvalue weighted by molar-refractivity contribution is 7.89. The van der Waals surface area contributed by atoms with Gasteiger partial charge < -0.3 is 25.0 Å². The maximum Gasteiger partial charge on any atom is 0.321 e. The summed E-state index contributed by atoms with van der Waals surface area (Å²) in [6.45, 7) is 1.69. The number of nitrogens with zero attached hydrogens (tertiary/aromatic N) is 3. The fourth-order valence-electron chi connectivity index (χ4n) is 6.10. The van der Waals surface area contributed by atoms with Crippen LogP contribution in [0.4, 0.5) is 10.5 Å². The van der Waals surface area contributed by atoms with Gasteiger partial charge in [0.25, 0.3) is 0 Å². The molecule has 2 N–H and O–H groups in total. The van der Waals surface area contributed by atoms with Crippen molar-refractivity contribution in [3.63, 3.8) is 0 Å². The fourth-order valence-corrected chi connectivity index (χ4v) is 7.66. The molecule has 3 amide bonds. The van der Waals surface area contributed by atoms with Crippen LogP contribution >= 0.6 is 0 Å². The molecular weight excluding hydrogens is 665 g/mol. The lowest BCUT2D eigenvalue weighted by atomic mass is 10.0. The number of ether oxygens (including phenoxy) is 1. The van der Waals surface area contributed by atoms with Crippen LogP contribution in [-0.4, -0.2) is 78.8 Å². The lowest BCUT2D eigenvalue weighted by Crippen LogP contribution is -2.62. The Kier molecular flexibility index (Phi) is 10.8. The largest absolute Gasteiger partial charge is 0.457 e. The van der Waals surface area contributed by atoms with Crippen molar-refractivity contribution in [2.75, 3.05) is 38.5 Å². The molecule has 10 nitrogen and oxygen atoms in total. The van der Waals surface area contributed by atoms with E-state index in [0.717, 1.165) is 16.7 Å². The van der Waals surface area contributed by atoms with Crippen molar-refractivity contribution in [3.05, 3.63) is 145 Å². The number of hydrogen-bond donors (Lipinski definition) is 2. The minimum absolute atomic E-state index is 0.0420. The molecule has 0 spiro atoms. The topological polar surface area (TPSA) is 119 Å². The first-order chi connectivity index (χ1) is 24.6. The third-order valence-corrected chi connectivity index (χ3v) is 10.8. The van der Waals surface area contributed by atoms with Crippen LogP contribution in [0.1, 0.15) is 17.2 Å². The van der Waals surface area contributed by atoms with Crippen LogP contribution < -0.4 is 10.1 Å². The van der Waals surface area contributed by atoms with Crippen LogP contribution in [0.5, 0.6) is 11.5 Å². The smallest absolute Gasteiger partial charge is 0.321 e. The Balaban J connectivity index is 1.21. The van der Waals surface area contributed by atoms with Crippen LogP contribution in [0.2, 0.25) is 0 Å². The summed E-state index contributed by atoms with van der Waals surface area (Å²) in [6, 6.07) is 37.9. The summed E-state index contributed by atoms with van der Waals surface area (Å²) in [5.41, 5.74) is 4.06. The molecule has 1 fully saturated rings. The molecule has 0 radical (unpaired) electrons. The van der Waals surface area contributed by atoms with E-state index >= 15 is 0 Å². The second kappa shape index (κ2) is 15.6. The van der Waals surface area contributed by atoms with E-state index in [9.17, 15) is 23.1 Å². The highest BCUT2D eigenvalue weighted by Crippen LogP contribution is 2.29. The number of hydrogen-bond acceptors (Lipinski definition) is 6. The van der Waals surface area contributed by atoms with Gasteiger partial charge in [0.2, 0.25) is 15.9 Å². The molecule has 11 heteroatoms. The van der Waals surface area contributed by atoms with E-state index in [4.69, 9.17) is 4.74 Å². The van der Waals surface area contributed by atoms with E-state index in [1.54, 1.807) is 72.8 Å². The van der Waals surface area contributed by atoms with Crippen LogP contribution in [0.3, 0.4) is 0 Å². The first kappa shape index (κ1) is 35.3. The maximum atomic E-state index is 14.2. The number of carbonyl (C=O) groups excluding carboxylic acids is 2. The standard InChI is InChI=1S/C40H40N4O6S/c1-29-11-9-10-16-36(29)30-17-23-35(24-18-30)51(48,49)44-26-25-43(27-37(44)39(46)42(2)28-38(45)31-12-5-3-6-13-31)40(47)41-32-19-21-34(22-20-32)50-33-14-7-4-8-15-33/h3-24,37-38,45H,25-28H2,1-2H3,(H,41,47)/t37-,38?/m0/s1. The zero-order valence-electron chi connectivity index (χ0n) is 28.4. The normalized spacial score (nSPS) is 15.5. The highest BCUT2D eigenvalue weighted by Gasteiger charge is 2.42. The molecule has 0 bridgehead atoms. The zero-order valence-corrected chi connectivity index (χ0v) is 29.2. The van der Waals surface area contributed by atoms with Crippen LogP contribution in [0, 0.1) is 6.92 Å². The third kappa shape index (κ3) is 8.29. The second-order valence-electron chi connectivity index (χ2n) is 12.4. The van der Waals surface area contributed by atoms with Gasteiger partial charge in [-0.25, -0.2) is 13.2 Å². The van der Waals surface area contributed by atoms with Crippen molar-refractivity contribution in [3.8, 4) is 22.6 Å². The lowest BCUT2D eigenvalue weighted by Gasteiger charge is -2.41. The number of nitrogens with one attached hydrogen (secondary N) is 1. The third-order valence-electron chi connectivity index (χ3n) is 8.91. The second-order valence-corrected chi connectivity index (χ2v) is 14.3. The Hall–Kier alpha value is -5.49. The summed E-state index contributed by atoms with van der Waals surface area (Å²) in [5.74, 6) is 0.739. The number of aryl methyl sites for hydroxylation is 1. The monoisotopic (exact) mass is 704 g/mol. The predicted molar refractivity (Wildman–Crippen MR) is 197 cm³/mol. The molecule has 51 heavy (non-hydrogen) atoms. The molecule has 2 atom stereocenters. The number of amides is 3. The summed E-state index contributed by atoms with van der Waals surface area (Å²) in [4.78, 5) is 30.4. The molecule has 1 aliphatic heterocycles. The molecule has 5 aromatic rings. The Morgan fingerprint density at radius 3 is 2.10 bits per heavy atom. The van der Waals surface area contributed by atoms with E-state index in [-0.39, 0.29) is 31.1 Å². The molecule has 1 saturated heterocycles. The predicted octanol–water partition coefficient (Wildman–Crippen LogP) is 6.55. The Morgan fingerprint density at radius 1 is 0.824 bits per heavy atom. The van der Waals surface area contributed by atoms with Gasteiger partial charge in [0.1, 0.15) is 17.5 Å². The summed E-state index contributed by atoms with van der Waals surface area (Å²) < 4.78 is 35.4. The molecular formula is C40H40N4O6S. The number of sulfonamides is 1. The van der Waals surface area contributed by atoms with E-state index in [1.165, 1.54) is 21.2 Å². The van der Waals surface area contributed by atoms with Crippen LogP contribution in [-0.2, 0) is 14.8 Å². The first-order valence-corrected chi connectivity index (χ1v) is 18.1. The quantitative estimate of drug-likeness (QED) is 0.170. The maximum absolute atomic E-state index is 14.2. The number of para-hydroxylation sites is 1. The van der Waals surface area contributed by atoms with Gasteiger partial charge in [0.05, 0.1) is 17.5 Å². The Morgan fingerprint density at radius 2 is 1.43 bits per heavy atom. The first-order valence-electron chi connectivity index (χ1n) is 16.6. The number of rotatable bonds is 10. The Bertz CT molecular complexity index is 2060. The fraction of sp³-hybridized carbons (Fsp3) is 0.200. The van der Waals surface area contributed by atoms with Gasteiger partial charge in [-0.2, -0.15) is 4.31 Å². The van der Waals surface area contributed by atoms with E-state index < -0.39 is 34.1 Å². The van der Waals surface area contributed by atoms with E-state index in [0.29, 0.717) is 22.7 Å². The van der Waals surface area contributed by atoms with Gasteiger partial charge in [-0.15, -0.1) is 0 Å². The molecule has 1 unspecified atom stereocenters. The number of urea groups is 1. The minimum atomic E-state index is -4.17. The van der Waals surface area contributed by atoms with Crippen molar-refractivity contribution in [2.24, 2.45) is 0 Å². The molecule has 6 rings (SSSR count). The van der Waals surface area contributed by atoms with Crippen molar-refractivity contribution in [2.45, 2.75) is 24.0 Å². The van der Waals surface area contributed by atoms with Gasteiger partial charge in [-0.3, -0.25) is 4.79 Å². The number of carbonyl (C=O) groups is 2. The van der Waals surface area contributed by atoms with Gasteiger partial charge in [0, 0.05) is 32.4 Å². The zero-order chi connectivity index (χ0) is 36.0.